The van der Waals surface area contributed by atoms with Crippen molar-refractivity contribution in [1.82, 2.24) is 40.8 Å². The quantitative estimate of drug-likeness (QED) is 0.0696. The molecule has 3 atom stereocenters. The summed E-state index contributed by atoms with van der Waals surface area (Å²) in [6.45, 7) is 4.42. The number of hydrogen-bond donors (Lipinski definition) is 6. The number of aromatic amines is 2. The molecule has 0 saturated carbocycles. The predicted octanol–water partition coefficient (Wildman–Crippen LogP) is 5.24. The summed E-state index contributed by atoms with van der Waals surface area (Å²) in [5.41, 5.74) is 3.85. The van der Waals surface area contributed by atoms with E-state index in [1.54, 1.807) is 18.8 Å². The van der Waals surface area contributed by atoms with E-state index in [2.05, 4.69) is 35.9 Å². The van der Waals surface area contributed by atoms with Crippen LogP contribution in [0.2, 0.25) is 0 Å². The summed E-state index contributed by atoms with van der Waals surface area (Å²) in [6.07, 6.45) is 2.86. The first-order valence-corrected chi connectivity index (χ1v) is 19.4. The molecule has 4 amide bonds. The van der Waals surface area contributed by atoms with Crippen molar-refractivity contribution in [3.63, 3.8) is 0 Å². The van der Waals surface area contributed by atoms with Gasteiger partial charge in [-0.05, 0) is 36.8 Å². The fourth-order valence-electron chi connectivity index (χ4n) is 5.82. The van der Waals surface area contributed by atoms with Crippen LogP contribution in [0.4, 0.5) is 9.59 Å². The van der Waals surface area contributed by atoms with Crippen LogP contribution in [0.1, 0.15) is 65.0 Å². The van der Waals surface area contributed by atoms with Gasteiger partial charge in [0.2, 0.25) is 11.8 Å². The number of alkyl carbamates (subject to hydrolysis) is 1. The number of rotatable bonds is 18. The zero-order valence-electron chi connectivity index (χ0n) is 30.4. The molecule has 0 radical (unpaired) electrons. The van der Waals surface area contributed by atoms with Gasteiger partial charge in [-0.2, -0.15) is 0 Å². The molecule has 5 aromatic rings. The highest BCUT2D eigenvalue weighted by Crippen LogP contribution is 2.20. The molecule has 6 N–H and O–H groups in total. The van der Waals surface area contributed by atoms with Gasteiger partial charge in [-0.1, -0.05) is 74.5 Å². The van der Waals surface area contributed by atoms with Gasteiger partial charge in [0.05, 0.1) is 33.3 Å². The summed E-state index contributed by atoms with van der Waals surface area (Å²) in [5, 5.41) is 22.1. The van der Waals surface area contributed by atoms with Gasteiger partial charge in [0.1, 0.15) is 12.6 Å². The molecule has 0 spiro atoms. The second-order valence-electron chi connectivity index (χ2n) is 13.3. The maximum atomic E-state index is 14.1. The minimum absolute atomic E-state index is 0.0766. The molecule has 0 aliphatic heterocycles. The highest BCUT2D eigenvalue weighted by molar-refractivity contribution is 7.09. The smallest absolute Gasteiger partial charge is 0.407 e. The number of aromatic hydroxyl groups is 1. The minimum Gasteiger partial charge on any atom is -0.493 e. The van der Waals surface area contributed by atoms with E-state index < -0.39 is 41.7 Å². The summed E-state index contributed by atoms with van der Waals surface area (Å²) in [7, 11) is 1.61. The minimum atomic E-state index is -1.17. The van der Waals surface area contributed by atoms with Crippen LogP contribution in [0.3, 0.4) is 0 Å². The van der Waals surface area contributed by atoms with E-state index >= 15 is 0 Å². The van der Waals surface area contributed by atoms with E-state index in [4.69, 9.17) is 4.74 Å². The van der Waals surface area contributed by atoms with Crippen molar-refractivity contribution in [1.29, 1.82) is 0 Å². The fraction of sp³-hybridized carbons (Fsp3) is 0.368. The number of nitrogens with one attached hydrogen (secondary N) is 5. The predicted molar refractivity (Wildman–Crippen MR) is 207 cm³/mol. The van der Waals surface area contributed by atoms with Gasteiger partial charge in [0.15, 0.2) is 0 Å². The first-order valence-electron chi connectivity index (χ1n) is 17.7. The van der Waals surface area contributed by atoms with Crippen LogP contribution in [-0.2, 0) is 41.9 Å². The number of carbonyl (C=O) groups is 3. The van der Waals surface area contributed by atoms with Crippen LogP contribution in [0.15, 0.2) is 82.5 Å². The van der Waals surface area contributed by atoms with Crippen LogP contribution in [-0.4, -0.2) is 73.1 Å². The summed E-state index contributed by atoms with van der Waals surface area (Å²) in [6, 6.07) is 17.0. The van der Waals surface area contributed by atoms with Crippen molar-refractivity contribution in [3.8, 4) is 5.88 Å². The number of aromatic nitrogens is 4. The van der Waals surface area contributed by atoms with Crippen LogP contribution < -0.4 is 21.6 Å². The molecule has 0 bridgehead atoms. The molecule has 286 valence electrons. The Morgan fingerprint density at radius 1 is 0.889 bits per heavy atom. The molecule has 16 heteroatoms. The summed E-state index contributed by atoms with van der Waals surface area (Å²) < 4.78 is 5.48. The summed E-state index contributed by atoms with van der Waals surface area (Å²) >= 11 is 2.92. The van der Waals surface area contributed by atoms with Crippen LogP contribution in [0.5, 0.6) is 5.88 Å². The van der Waals surface area contributed by atoms with Crippen molar-refractivity contribution < 1.29 is 24.2 Å². The maximum absolute atomic E-state index is 14.1. The highest BCUT2D eigenvalue weighted by Gasteiger charge is 2.28. The lowest BCUT2D eigenvalue weighted by Crippen LogP contribution is -2.53. The van der Waals surface area contributed by atoms with Gasteiger partial charge in [0.25, 0.3) is 0 Å². The number of urea groups is 1. The molecular formula is C38H46N8O6S2. The van der Waals surface area contributed by atoms with E-state index in [9.17, 15) is 24.3 Å². The fourth-order valence-corrected chi connectivity index (χ4v) is 7.15. The van der Waals surface area contributed by atoms with Gasteiger partial charge in [0, 0.05) is 43.0 Å². The Hall–Kier alpha value is -5.48. The number of imidazole rings is 1. The Morgan fingerprint density at radius 2 is 1.54 bits per heavy atom. The average Bonchev–Trinajstić information content (AvgIpc) is 3.92. The largest absolute Gasteiger partial charge is 0.493 e. The lowest BCUT2D eigenvalue weighted by Gasteiger charge is -2.27. The highest BCUT2D eigenvalue weighted by atomic mass is 32.1. The van der Waals surface area contributed by atoms with Crippen molar-refractivity contribution in [3.05, 3.63) is 121 Å². The lowest BCUT2D eigenvalue weighted by atomic mass is 9.95. The van der Waals surface area contributed by atoms with E-state index in [1.165, 1.54) is 27.6 Å². The Morgan fingerprint density at radius 3 is 2.09 bits per heavy atom. The topological polar surface area (TPSA) is 194 Å². The van der Waals surface area contributed by atoms with Gasteiger partial charge < -0.3 is 35.7 Å². The molecular weight excluding hydrogens is 729 g/mol. The molecule has 0 fully saturated rings. The number of amides is 4. The van der Waals surface area contributed by atoms with Crippen LogP contribution in [0, 0.1) is 0 Å². The third-order valence-electron chi connectivity index (χ3n) is 8.62. The lowest BCUT2D eigenvalue weighted by molar-refractivity contribution is -0.123. The average molecular weight is 775 g/mol. The van der Waals surface area contributed by atoms with E-state index in [0.717, 1.165) is 26.7 Å². The molecule has 0 unspecified atom stereocenters. The number of ether oxygens (including phenoxy) is 1. The normalized spacial score (nSPS) is 12.8. The Labute approximate surface area is 321 Å². The zero-order valence-corrected chi connectivity index (χ0v) is 32.0. The number of thiazole rings is 2. The Kier molecular flexibility index (Phi) is 14.4. The van der Waals surface area contributed by atoms with Crippen molar-refractivity contribution in [2.45, 2.75) is 83.1 Å². The van der Waals surface area contributed by atoms with Crippen molar-refractivity contribution >= 4 is 40.7 Å². The van der Waals surface area contributed by atoms with E-state index in [1.807, 2.05) is 79.9 Å². The van der Waals surface area contributed by atoms with Gasteiger partial charge in [-0.3, -0.25) is 14.8 Å². The molecule has 0 aliphatic carbocycles. The molecule has 0 saturated heterocycles. The van der Waals surface area contributed by atoms with E-state index in [-0.39, 0.29) is 37.2 Å². The second kappa shape index (κ2) is 19.6. The number of nitrogens with zero attached hydrogens (tertiary/aromatic N) is 3. The summed E-state index contributed by atoms with van der Waals surface area (Å²) in [5.74, 6) is -0.670. The molecule has 2 aromatic carbocycles. The monoisotopic (exact) mass is 774 g/mol. The van der Waals surface area contributed by atoms with E-state index in [0.29, 0.717) is 25.7 Å². The van der Waals surface area contributed by atoms with Crippen molar-refractivity contribution in [2.24, 2.45) is 0 Å². The number of H-pyrrole nitrogens is 2. The van der Waals surface area contributed by atoms with Gasteiger partial charge >= 0.3 is 17.8 Å². The number of hydrogen-bond acceptors (Lipinski definition) is 10. The van der Waals surface area contributed by atoms with Gasteiger partial charge in [-0.15, -0.1) is 22.7 Å². The maximum Gasteiger partial charge on any atom is 0.407 e. The molecule has 3 aromatic heterocycles. The molecule has 0 aliphatic rings. The molecule has 3 heterocycles. The number of carbonyl (C=O) groups excluding carboxylic acids is 3. The molecule has 54 heavy (non-hydrogen) atoms. The first-order chi connectivity index (χ1) is 26.0. The van der Waals surface area contributed by atoms with Crippen LogP contribution >= 0.6 is 22.7 Å². The standard InChI is InChI=1S/C38H46N8O6S2/c1-24(2)35-41-29(22-53-35)20-46(3)37(50)44-32(18-31-34(48)45-36(49)43-31)33(47)40-27(16-25-10-6-4-7-11-25)14-15-28(17-26-12-8-5-9-13-26)42-38(51)52-21-30-19-39-23-54-30/h4-13,19,22-24,27-28,32,48H,14-18,20-21H2,1-3H3,(H,40,47)(H,42,51)(H,44,50)(H2,43,45,49)/t27-,28-,32+/m1/s1. The Balaban J connectivity index is 1.32. The third-order valence-corrected chi connectivity index (χ3v) is 10.6. The second-order valence-corrected chi connectivity index (χ2v) is 15.2. The Bertz CT molecular complexity index is 1980. The third kappa shape index (κ3) is 12.3. The van der Waals surface area contributed by atoms with Crippen molar-refractivity contribution in [2.75, 3.05) is 7.05 Å². The zero-order chi connectivity index (χ0) is 38.5. The summed E-state index contributed by atoms with van der Waals surface area (Å²) in [4.78, 5) is 68.2. The van der Waals surface area contributed by atoms with Gasteiger partial charge in [-0.25, -0.2) is 19.4 Å². The first kappa shape index (κ1) is 39.7. The van der Waals surface area contributed by atoms with Crippen LogP contribution in [0.25, 0.3) is 0 Å². The molecule has 14 nitrogen and oxygen atoms in total. The SMILES string of the molecule is CC(C)c1nc(CN(C)C(=O)N[C@@H](Cc2[nH]c(=O)[nH]c2O)C(=O)N[C@H](CC[C@H](Cc2ccccc2)NC(=O)OCc2cncs2)Cc2ccccc2)cs1. The molecule has 5 rings (SSSR count). The number of benzene rings is 2.